The molecule has 19 heavy (non-hydrogen) atoms. The van der Waals surface area contributed by atoms with Crippen LogP contribution in [-0.2, 0) is 0 Å². The molecule has 1 fully saturated rings. The summed E-state index contributed by atoms with van der Waals surface area (Å²) in [7, 11) is 0. The largest absolute Gasteiger partial charge is 0.396 e. The quantitative estimate of drug-likeness (QED) is 0.806. The average Bonchev–Trinajstić information content (AvgIpc) is 2.31. The van der Waals surface area contributed by atoms with Crippen LogP contribution in [0, 0.1) is 11.2 Å². The van der Waals surface area contributed by atoms with Crippen LogP contribution in [0.4, 0.5) is 10.1 Å². The molecule has 0 aromatic heterocycles. The van der Waals surface area contributed by atoms with Gasteiger partial charge in [0.1, 0.15) is 5.82 Å². The lowest BCUT2D eigenvalue weighted by molar-refractivity contribution is 0.0902. The Kier molecular flexibility index (Phi) is 3.78. The number of carbonyl (C=O) groups excluding carboxylic acids is 1. The molecule has 1 amide bonds. The molecule has 104 valence electrons. The van der Waals surface area contributed by atoms with Gasteiger partial charge in [-0.25, -0.2) is 4.39 Å². The maximum Gasteiger partial charge on any atom is 0.251 e. The van der Waals surface area contributed by atoms with Crippen LogP contribution in [-0.4, -0.2) is 11.9 Å². The van der Waals surface area contributed by atoms with Gasteiger partial charge in [0.15, 0.2) is 0 Å². The zero-order valence-corrected chi connectivity index (χ0v) is 11.5. The molecule has 1 aromatic carbocycles. The second-order valence-corrected chi connectivity index (χ2v) is 6.17. The Labute approximate surface area is 113 Å². The van der Waals surface area contributed by atoms with Crippen molar-refractivity contribution in [3.05, 3.63) is 29.6 Å². The molecule has 1 unspecified atom stereocenters. The Bertz CT molecular complexity index is 485. The third kappa shape index (κ3) is 3.46. The van der Waals surface area contributed by atoms with Crippen molar-refractivity contribution in [2.45, 2.75) is 45.6 Å². The smallest absolute Gasteiger partial charge is 0.251 e. The van der Waals surface area contributed by atoms with E-state index in [0.29, 0.717) is 5.56 Å². The van der Waals surface area contributed by atoms with Crippen LogP contribution in [0.5, 0.6) is 0 Å². The van der Waals surface area contributed by atoms with Crippen molar-refractivity contribution in [1.29, 1.82) is 0 Å². The molecule has 0 bridgehead atoms. The molecule has 1 atom stereocenters. The molecule has 0 spiro atoms. The van der Waals surface area contributed by atoms with E-state index in [9.17, 15) is 9.18 Å². The number of amides is 1. The number of nitrogens with two attached hydrogens (primary N) is 1. The summed E-state index contributed by atoms with van der Waals surface area (Å²) < 4.78 is 13.3. The first-order chi connectivity index (χ1) is 8.87. The lowest BCUT2D eigenvalue weighted by Crippen LogP contribution is -2.40. The number of nitrogen functional groups attached to an aromatic ring is 1. The van der Waals surface area contributed by atoms with Gasteiger partial charge in [0.05, 0.1) is 5.69 Å². The van der Waals surface area contributed by atoms with E-state index in [1.165, 1.54) is 18.6 Å². The van der Waals surface area contributed by atoms with Crippen molar-refractivity contribution in [2.75, 3.05) is 5.73 Å². The van der Waals surface area contributed by atoms with Crippen molar-refractivity contribution >= 4 is 11.6 Å². The van der Waals surface area contributed by atoms with Gasteiger partial charge in [-0.3, -0.25) is 4.79 Å². The Morgan fingerprint density at radius 1 is 1.47 bits per heavy atom. The number of benzene rings is 1. The van der Waals surface area contributed by atoms with Crippen LogP contribution in [0.25, 0.3) is 0 Å². The van der Waals surface area contributed by atoms with E-state index in [-0.39, 0.29) is 23.1 Å². The van der Waals surface area contributed by atoms with Gasteiger partial charge in [0.25, 0.3) is 5.91 Å². The molecule has 4 heteroatoms. The van der Waals surface area contributed by atoms with Gasteiger partial charge in [-0.1, -0.05) is 20.3 Å². The average molecular weight is 264 g/mol. The highest BCUT2D eigenvalue weighted by molar-refractivity contribution is 5.94. The summed E-state index contributed by atoms with van der Waals surface area (Å²) in [6.45, 7) is 4.43. The molecule has 1 aromatic rings. The van der Waals surface area contributed by atoms with Gasteiger partial charge in [-0.15, -0.1) is 0 Å². The predicted octanol–water partition coefficient (Wildman–Crippen LogP) is 3.11. The second kappa shape index (κ2) is 5.19. The summed E-state index contributed by atoms with van der Waals surface area (Å²) in [6.07, 6.45) is 4.27. The number of nitrogens with one attached hydrogen (secondary N) is 1. The third-order valence-corrected chi connectivity index (χ3v) is 3.80. The van der Waals surface area contributed by atoms with Crippen molar-refractivity contribution < 1.29 is 9.18 Å². The van der Waals surface area contributed by atoms with Crippen molar-refractivity contribution in [1.82, 2.24) is 5.32 Å². The maximum atomic E-state index is 13.3. The first-order valence-electron chi connectivity index (χ1n) is 6.73. The Hall–Kier alpha value is -1.58. The SMILES string of the molecule is CC1(C)CCCC(NC(=O)c2ccc(N)c(F)c2)C1. The van der Waals surface area contributed by atoms with Gasteiger partial charge in [0, 0.05) is 11.6 Å². The van der Waals surface area contributed by atoms with E-state index in [0.717, 1.165) is 19.3 Å². The molecule has 1 aliphatic carbocycles. The van der Waals surface area contributed by atoms with Crippen molar-refractivity contribution in [2.24, 2.45) is 5.41 Å². The fourth-order valence-corrected chi connectivity index (χ4v) is 2.76. The highest BCUT2D eigenvalue weighted by atomic mass is 19.1. The third-order valence-electron chi connectivity index (χ3n) is 3.80. The first kappa shape index (κ1) is 13.8. The highest BCUT2D eigenvalue weighted by Gasteiger charge is 2.28. The van der Waals surface area contributed by atoms with Gasteiger partial charge in [-0.2, -0.15) is 0 Å². The first-order valence-corrected chi connectivity index (χ1v) is 6.73. The highest BCUT2D eigenvalue weighted by Crippen LogP contribution is 2.35. The lowest BCUT2D eigenvalue weighted by atomic mass is 9.75. The lowest BCUT2D eigenvalue weighted by Gasteiger charge is -2.35. The standard InChI is InChI=1S/C15H21FN2O/c1-15(2)7-3-4-11(9-15)18-14(19)10-5-6-13(17)12(16)8-10/h5-6,8,11H,3-4,7,9,17H2,1-2H3,(H,18,19). The Balaban J connectivity index is 2.02. The molecule has 0 saturated heterocycles. The van der Waals surface area contributed by atoms with Gasteiger partial charge < -0.3 is 11.1 Å². The van der Waals surface area contributed by atoms with E-state index in [2.05, 4.69) is 19.2 Å². The zero-order valence-electron chi connectivity index (χ0n) is 11.5. The van der Waals surface area contributed by atoms with Crippen LogP contribution in [0.1, 0.15) is 49.9 Å². The van der Waals surface area contributed by atoms with Crippen LogP contribution in [0.15, 0.2) is 18.2 Å². The fourth-order valence-electron chi connectivity index (χ4n) is 2.76. The molecule has 1 saturated carbocycles. The normalized spacial score (nSPS) is 21.9. The molecule has 3 N–H and O–H groups in total. The van der Waals surface area contributed by atoms with E-state index < -0.39 is 5.82 Å². The molecular formula is C15H21FN2O. The van der Waals surface area contributed by atoms with Crippen molar-refractivity contribution in [3.8, 4) is 0 Å². The van der Waals surface area contributed by atoms with Crippen LogP contribution in [0.3, 0.4) is 0 Å². The minimum absolute atomic E-state index is 0.0651. The molecule has 2 rings (SSSR count). The Morgan fingerprint density at radius 3 is 2.84 bits per heavy atom. The summed E-state index contributed by atoms with van der Waals surface area (Å²) in [6, 6.07) is 4.35. The number of rotatable bonds is 2. The number of anilines is 1. The van der Waals surface area contributed by atoms with Gasteiger partial charge in [-0.05, 0) is 42.9 Å². The number of carbonyl (C=O) groups is 1. The van der Waals surface area contributed by atoms with Gasteiger partial charge >= 0.3 is 0 Å². The summed E-state index contributed by atoms with van der Waals surface area (Å²) >= 11 is 0. The molecule has 1 aliphatic rings. The van der Waals surface area contributed by atoms with Crippen LogP contribution in [0.2, 0.25) is 0 Å². The number of halogens is 1. The summed E-state index contributed by atoms with van der Waals surface area (Å²) in [5.41, 5.74) is 6.06. The number of hydrogen-bond acceptors (Lipinski definition) is 2. The second-order valence-electron chi connectivity index (χ2n) is 6.17. The molecule has 0 aliphatic heterocycles. The summed E-state index contributed by atoms with van der Waals surface area (Å²) in [5, 5.41) is 2.99. The molecule has 3 nitrogen and oxygen atoms in total. The predicted molar refractivity (Wildman–Crippen MR) is 74.3 cm³/mol. The monoisotopic (exact) mass is 264 g/mol. The fraction of sp³-hybridized carbons (Fsp3) is 0.533. The van der Waals surface area contributed by atoms with Crippen molar-refractivity contribution in [3.63, 3.8) is 0 Å². The van der Waals surface area contributed by atoms with E-state index >= 15 is 0 Å². The summed E-state index contributed by atoms with van der Waals surface area (Å²) in [4.78, 5) is 12.1. The van der Waals surface area contributed by atoms with E-state index in [1.807, 2.05) is 0 Å². The van der Waals surface area contributed by atoms with E-state index in [1.54, 1.807) is 6.07 Å². The topological polar surface area (TPSA) is 55.1 Å². The van der Waals surface area contributed by atoms with Crippen LogP contribution < -0.4 is 11.1 Å². The molecule has 0 radical (unpaired) electrons. The molecular weight excluding hydrogens is 243 g/mol. The maximum absolute atomic E-state index is 13.3. The number of hydrogen-bond donors (Lipinski definition) is 2. The Morgan fingerprint density at radius 2 is 2.21 bits per heavy atom. The molecule has 0 heterocycles. The van der Waals surface area contributed by atoms with Crippen LogP contribution >= 0.6 is 0 Å². The minimum Gasteiger partial charge on any atom is -0.396 e. The van der Waals surface area contributed by atoms with E-state index in [4.69, 9.17) is 5.73 Å². The minimum atomic E-state index is -0.545. The van der Waals surface area contributed by atoms with Gasteiger partial charge in [0.2, 0.25) is 0 Å². The zero-order chi connectivity index (χ0) is 14.0. The summed E-state index contributed by atoms with van der Waals surface area (Å²) in [5.74, 6) is -0.766.